The molecule has 0 saturated carbocycles. The Kier molecular flexibility index (Phi) is 5.73. The molecule has 0 atom stereocenters. The van der Waals surface area contributed by atoms with Crippen LogP contribution in [0.15, 0.2) is 58.5 Å². The number of aromatic nitrogens is 2. The summed E-state index contributed by atoms with van der Waals surface area (Å²) in [7, 11) is -3.51. The van der Waals surface area contributed by atoms with Crippen LogP contribution in [-0.4, -0.2) is 41.5 Å². The van der Waals surface area contributed by atoms with Gasteiger partial charge in [-0.25, -0.2) is 13.4 Å². The average Bonchev–Trinajstić information content (AvgIpc) is 3.13. The van der Waals surface area contributed by atoms with E-state index >= 15 is 0 Å². The Morgan fingerprint density at radius 3 is 2.46 bits per heavy atom. The van der Waals surface area contributed by atoms with Gasteiger partial charge in [-0.3, -0.25) is 5.43 Å². The fraction of sp³-hybridized carbons (Fsp3) is 0.211. The first-order valence-electron chi connectivity index (χ1n) is 8.78. The van der Waals surface area contributed by atoms with Gasteiger partial charge in [-0.1, -0.05) is 26.0 Å². The molecule has 0 unspecified atom stereocenters. The van der Waals surface area contributed by atoms with E-state index < -0.39 is 10.0 Å². The smallest absolute Gasteiger partial charge is 0.243 e. The number of nitriles is 1. The van der Waals surface area contributed by atoms with Crippen molar-refractivity contribution in [3.63, 3.8) is 0 Å². The number of imidazole rings is 1. The number of fused-ring (bicyclic) bond motifs is 1. The Bertz CT molecular complexity index is 1110. The van der Waals surface area contributed by atoms with Crippen LogP contribution in [0.2, 0.25) is 0 Å². The van der Waals surface area contributed by atoms with Crippen molar-refractivity contribution in [2.45, 2.75) is 18.7 Å². The van der Waals surface area contributed by atoms with E-state index in [9.17, 15) is 13.7 Å². The predicted octanol–water partition coefficient (Wildman–Crippen LogP) is 2.93. The highest BCUT2D eigenvalue weighted by atomic mass is 32.2. The summed E-state index contributed by atoms with van der Waals surface area (Å²) in [5.41, 5.74) is 4.98. The Morgan fingerprint density at radius 2 is 1.86 bits per heavy atom. The third-order valence-electron chi connectivity index (χ3n) is 4.21. The second kappa shape index (κ2) is 8.21. The quantitative estimate of drug-likeness (QED) is 0.471. The van der Waals surface area contributed by atoms with Crippen LogP contribution >= 0.6 is 0 Å². The van der Waals surface area contributed by atoms with E-state index in [1.54, 1.807) is 26.0 Å². The molecule has 9 heteroatoms. The summed E-state index contributed by atoms with van der Waals surface area (Å²) in [6.45, 7) is 4.42. The number of anilines is 1. The minimum Gasteiger partial charge on any atom is -0.336 e. The maximum atomic E-state index is 12.5. The van der Waals surface area contributed by atoms with Gasteiger partial charge in [-0.15, -0.1) is 0 Å². The number of hydrogen-bond donors (Lipinski definition) is 2. The lowest BCUT2D eigenvalue weighted by Crippen LogP contribution is -2.30. The minimum atomic E-state index is -3.51. The van der Waals surface area contributed by atoms with Crippen molar-refractivity contribution in [2.75, 3.05) is 18.5 Å². The zero-order valence-electron chi connectivity index (χ0n) is 15.5. The number of H-pyrrole nitrogens is 1. The summed E-state index contributed by atoms with van der Waals surface area (Å²) >= 11 is 0. The van der Waals surface area contributed by atoms with E-state index in [0.29, 0.717) is 24.6 Å². The lowest BCUT2D eigenvalue weighted by Gasteiger charge is -2.18. The lowest BCUT2D eigenvalue weighted by molar-refractivity contribution is 0.445. The summed E-state index contributed by atoms with van der Waals surface area (Å²) < 4.78 is 26.4. The summed E-state index contributed by atoms with van der Waals surface area (Å²) in [4.78, 5) is 7.61. The Hall–Kier alpha value is -3.22. The molecule has 0 fully saturated rings. The third-order valence-corrected chi connectivity index (χ3v) is 6.28. The number of hydrazone groups is 1. The Balaban J connectivity index is 1.80. The van der Waals surface area contributed by atoms with Gasteiger partial charge in [0, 0.05) is 13.1 Å². The van der Waals surface area contributed by atoms with Gasteiger partial charge >= 0.3 is 0 Å². The van der Waals surface area contributed by atoms with Crippen molar-refractivity contribution in [3.8, 4) is 6.07 Å². The minimum absolute atomic E-state index is 0.0936. The van der Waals surface area contributed by atoms with Crippen molar-refractivity contribution in [2.24, 2.45) is 5.10 Å². The first kappa shape index (κ1) is 19.5. The standard InChI is InChI=1S/C19H20N6O2S/c1-3-25(4-2)28(26,27)15-11-9-14(10-12-15)23-24-18(13-20)19-21-16-7-5-6-8-17(16)22-19/h5-12,23H,3-4H2,1-2H3,(H,21,22)/b24-18+. The van der Waals surface area contributed by atoms with Crippen molar-refractivity contribution < 1.29 is 8.42 Å². The summed E-state index contributed by atoms with van der Waals surface area (Å²) in [6.07, 6.45) is 0. The second-order valence-electron chi connectivity index (χ2n) is 5.90. The SMILES string of the molecule is CCN(CC)S(=O)(=O)c1ccc(N/N=C(\C#N)c2nc3ccccc3[nH]2)cc1. The van der Waals surface area contributed by atoms with Crippen LogP contribution in [0, 0.1) is 11.3 Å². The van der Waals surface area contributed by atoms with Crippen LogP contribution in [0.25, 0.3) is 11.0 Å². The van der Waals surface area contributed by atoms with Crippen molar-refractivity contribution in [1.82, 2.24) is 14.3 Å². The number of aromatic amines is 1. The molecule has 2 aromatic carbocycles. The fourth-order valence-corrected chi connectivity index (χ4v) is 4.19. The molecule has 2 N–H and O–H groups in total. The second-order valence-corrected chi connectivity index (χ2v) is 7.84. The molecule has 8 nitrogen and oxygen atoms in total. The number of sulfonamides is 1. The van der Waals surface area contributed by atoms with E-state index in [2.05, 4.69) is 20.5 Å². The molecule has 0 amide bonds. The van der Waals surface area contributed by atoms with E-state index in [0.717, 1.165) is 11.0 Å². The molecule has 0 bridgehead atoms. The summed E-state index contributed by atoms with van der Waals surface area (Å²) in [5, 5.41) is 13.5. The number of hydrogen-bond acceptors (Lipinski definition) is 6. The van der Waals surface area contributed by atoms with Crippen LogP contribution in [0.1, 0.15) is 19.7 Å². The van der Waals surface area contributed by atoms with Crippen LogP contribution < -0.4 is 5.43 Å². The fourth-order valence-electron chi connectivity index (χ4n) is 2.73. The maximum absolute atomic E-state index is 12.5. The van der Waals surface area contributed by atoms with Crippen molar-refractivity contribution >= 4 is 32.5 Å². The Labute approximate surface area is 163 Å². The molecule has 144 valence electrons. The van der Waals surface area contributed by atoms with Gasteiger partial charge < -0.3 is 4.98 Å². The topological polar surface area (TPSA) is 114 Å². The number of rotatable bonds is 7. The number of para-hydroxylation sites is 2. The molecule has 28 heavy (non-hydrogen) atoms. The summed E-state index contributed by atoms with van der Waals surface area (Å²) in [5.74, 6) is 0.358. The molecule has 1 heterocycles. The van der Waals surface area contributed by atoms with Gasteiger partial charge in [0.15, 0.2) is 5.82 Å². The monoisotopic (exact) mass is 396 g/mol. The first-order chi connectivity index (χ1) is 13.5. The molecule has 1 aromatic heterocycles. The van der Waals surface area contributed by atoms with Gasteiger partial charge in [0.1, 0.15) is 6.07 Å². The molecule has 0 saturated heterocycles. The van der Waals surface area contributed by atoms with Crippen LogP contribution in [0.3, 0.4) is 0 Å². The molecule has 3 rings (SSSR count). The van der Waals surface area contributed by atoms with Gasteiger partial charge in [-0.2, -0.15) is 14.7 Å². The van der Waals surface area contributed by atoms with Gasteiger partial charge in [-0.05, 0) is 36.4 Å². The van der Waals surface area contributed by atoms with Crippen molar-refractivity contribution in [3.05, 3.63) is 54.4 Å². The molecule has 0 spiro atoms. The third kappa shape index (κ3) is 3.88. The zero-order valence-corrected chi connectivity index (χ0v) is 16.4. The van der Waals surface area contributed by atoms with Crippen molar-refractivity contribution in [1.29, 1.82) is 5.26 Å². The Morgan fingerprint density at radius 1 is 1.18 bits per heavy atom. The number of nitrogens with one attached hydrogen (secondary N) is 2. The first-order valence-corrected chi connectivity index (χ1v) is 10.2. The molecule has 0 aliphatic carbocycles. The zero-order chi connectivity index (χ0) is 20.1. The summed E-state index contributed by atoms with van der Waals surface area (Å²) in [6, 6.07) is 15.7. The van der Waals surface area contributed by atoms with E-state index in [4.69, 9.17) is 0 Å². The predicted molar refractivity (Wildman–Crippen MR) is 108 cm³/mol. The van der Waals surface area contributed by atoms with E-state index in [-0.39, 0.29) is 10.6 Å². The van der Waals surface area contributed by atoms with Gasteiger partial charge in [0.2, 0.25) is 15.7 Å². The normalized spacial score (nSPS) is 12.3. The largest absolute Gasteiger partial charge is 0.336 e. The highest BCUT2D eigenvalue weighted by Gasteiger charge is 2.21. The van der Waals surface area contributed by atoms with Crippen LogP contribution in [-0.2, 0) is 10.0 Å². The molecular formula is C19H20N6O2S. The molecule has 0 aliphatic rings. The van der Waals surface area contributed by atoms with E-state index in [1.165, 1.54) is 16.4 Å². The molecular weight excluding hydrogens is 376 g/mol. The molecule has 0 aliphatic heterocycles. The lowest BCUT2D eigenvalue weighted by atomic mass is 10.3. The number of nitrogens with zero attached hydrogens (tertiary/aromatic N) is 4. The number of benzene rings is 2. The highest BCUT2D eigenvalue weighted by molar-refractivity contribution is 7.89. The van der Waals surface area contributed by atoms with Crippen LogP contribution in [0.5, 0.6) is 0 Å². The average molecular weight is 396 g/mol. The highest BCUT2D eigenvalue weighted by Crippen LogP contribution is 2.18. The van der Waals surface area contributed by atoms with E-state index in [1.807, 2.05) is 30.3 Å². The molecule has 0 radical (unpaired) electrons. The van der Waals surface area contributed by atoms with Gasteiger partial charge in [0.05, 0.1) is 21.6 Å². The van der Waals surface area contributed by atoms with Crippen LogP contribution in [0.4, 0.5) is 5.69 Å². The maximum Gasteiger partial charge on any atom is 0.243 e. The van der Waals surface area contributed by atoms with Gasteiger partial charge in [0.25, 0.3) is 0 Å². The molecule has 3 aromatic rings.